The van der Waals surface area contributed by atoms with Crippen molar-refractivity contribution in [1.82, 2.24) is 4.98 Å². The fourth-order valence-electron chi connectivity index (χ4n) is 4.98. The zero-order chi connectivity index (χ0) is 22.4. The van der Waals surface area contributed by atoms with Crippen LogP contribution in [0.1, 0.15) is 25.1 Å². The van der Waals surface area contributed by atoms with E-state index in [1.165, 1.54) is 48.6 Å². The van der Waals surface area contributed by atoms with Gasteiger partial charge in [0, 0.05) is 46.8 Å². The van der Waals surface area contributed by atoms with Crippen LogP contribution in [0.2, 0.25) is 0 Å². The van der Waals surface area contributed by atoms with Crippen molar-refractivity contribution in [2.75, 3.05) is 22.9 Å². The maximum atomic E-state index is 3.50. The topological polar surface area (TPSA) is 22.3 Å². The van der Waals surface area contributed by atoms with E-state index in [2.05, 4.69) is 108 Å². The number of likely N-dealkylation sites (N-methyl/N-ethyl adjacent to an activating group) is 1. The number of para-hydroxylation sites is 2. The fourth-order valence-corrected chi connectivity index (χ4v) is 7.52. The Hall–Kier alpha value is -2.76. The van der Waals surface area contributed by atoms with Crippen LogP contribution in [0.5, 0.6) is 0 Å². The molecule has 166 valence electrons. The Kier molecular flexibility index (Phi) is 5.39. The number of benzene rings is 2. The summed E-state index contributed by atoms with van der Waals surface area (Å²) in [5, 5.41) is 1.64. The first-order valence-corrected chi connectivity index (χ1v) is 13.3. The Bertz CT molecular complexity index is 1300. The van der Waals surface area contributed by atoms with Crippen molar-refractivity contribution in [3.63, 3.8) is 0 Å². The lowest BCUT2D eigenvalue weighted by Gasteiger charge is -2.24. The molecule has 0 bridgehead atoms. The minimum atomic E-state index is 0.335. The SMILES string of the molecule is CCN1C(=CC2=CC(=CC3Sc4ccccc4N3CC)Cc3[nH]ccc32)Sc2ccccc21. The summed E-state index contributed by atoms with van der Waals surface area (Å²) in [6, 6.07) is 19.7. The number of fused-ring (bicyclic) bond motifs is 3. The van der Waals surface area contributed by atoms with Gasteiger partial charge in [0.1, 0.15) is 0 Å². The molecule has 3 aliphatic rings. The molecule has 2 aromatic carbocycles. The molecule has 0 saturated heterocycles. The number of hydrogen-bond acceptors (Lipinski definition) is 4. The standard InChI is InChI=1S/C28H27N3S2/c1-3-30-23-9-5-7-11-25(23)32-27(30)17-19-15-20(21-13-14-29-22(21)16-19)18-28-31(4-2)24-10-6-8-12-26(24)33-28/h5-15,17-18,27,29H,3-4,16H2,1-2H3. The molecular formula is C28H27N3S2. The quantitative estimate of drug-likeness (QED) is 0.432. The van der Waals surface area contributed by atoms with Crippen LogP contribution in [-0.4, -0.2) is 23.4 Å². The van der Waals surface area contributed by atoms with Gasteiger partial charge < -0.3 is 14.8 Å². The second kappa shape index (κ2) is 8.54. The third kappa shape index (κ3) is 3.64. The van der Waals surface area contributed by atoms with Crippen molar-refractivity contribution < 1.29 is 0 Å². The van der Waals surface area contributed by atoms with Gasteiger partial charge in [0.05, 0.1) is 21.8 Å². The third-order valence-corrected chi connectivity index (χ3v) is 8.87. The second-order valence-electron chi connectivity index (χ2n) is 8.45. The van der Waals surface area contributed by atoms with E-state index < -0.39 is 0 Å². The number of anilines is 2. The average molecular weight is 470 g/mol. The Morgan fingerprint density at radius 3 is 2.58 bits per heavy atom. The van der Waals surface area contributed by atoms with Crippen LogP contribution in [-0.2, 0) is 6.42 Å². The minimum Gasteiger partial charge on any atom is -0.364 e. The molecule has 6 rings (SSSR count). The lowest BCUT2D eigenvalue weighted by Crippen LogP contribution is -2.27. The molecule has 0 fully saturated rings. The fraction of sp³-hybridized carbons (Fsp3) is 0.214. The monoisotopic (exact) mass is 469 g/mol. The molecule has 3 nitrogen and oxygen atoms in total. The summed E-state index contributed by atoms with van der Waals surface area (Å²) in [5.41, 5.74) is 7.97. The predicted molar refractivity (Wildman–Crippen MR) is 143 cm³/mol. The number of nitrogens with one attached hydrogen (secondary N) is 1. The normalized spacial score (nSPS) is 21.4. The summed E-state index contributed by atoms with van der Waals surface area (Å²) in [7, 11) is 0. The highest BCUT2D eigenvalue weighted by Gasteiger charge is 2.29. The average Bonchev–Trinajstić information content (AvgIpc) is 3.53. The number of rotatable bonds is 4. The molecule has 1 unspecified atom stereocenters. The summed E-state index contributed by atoms with van der Waals surface area (Å²) < 4.78 is 0. The zero-order valence-corrected chi connectivity index (χ0v) is 20.5. The van der Waals surface area contributed by atoms with Gasteiger partial charge >= 0.3 is 0 Å². The summed E-state index contributed by atoms with van der Waals surface area (Å²) >= 11 is 3.83. The minimum absolute atomic E-state index is 0.335. The molecular weight excluding hydrogens is 442 g/mol. The van der Waals surface area contributed by atoms with Crippen LogP contribution in [0.25, 0.3) is 5.57 Å². The van der Waals surface area contributed by atoms with Crippen molar-refractivity contribution in [2.24, 2.45) is 0 Å². The van der Waals surface area contributed by atoms with E-state index in [4.69, 9.17) is 0 Å². The van der Waals surface area contributed by atoms with E-state index in [1.54, 1.807) is 0 Å². The van der Waals surface area contributed by atoms with Crippen molar-refractivity contribution in [3.05, 3.63) is 101 Å². The molecule has 3 aromatic rings. The largest absolute Gasteiger partial charge is 0.364 e. The smallest absolute Gasteiger partial charge is 0.0988 e. The molecule has 1 aromatic heterocycles. The van der Waals surface area contributed by atoms with Gasteiger partial charge in [-0.15, -0.1) is 0 Å². The molecule has 0 spiro atoms. The molecule has 1 atom stereocenters. The lowest BCUT2D eigenvalue weighted by molar-refractivity contribution is 0.871. The first-order chi connectivity index (χ1) is 16.2. The van der Waals surface area contributed by atoms with Crippen LogP contribution >= 0.6 is 23.5 Å². The predicted octanol–water partition coefficient (Wildman–Crippen LogP) is 7.31. The maximum Gasteiger partial charge on any atom is 0.0988 e. The van der Waals surface area contributed by atoms with Crippen LogP contribution in [0.4, 0.5) is 11.4 Å². The van der Waals surface area contributed by atoms with Crippen molar-refractivity contribution in [2.45, 2.75) is 35.4 Å². The highest BCUT2D eigenvalue weighted by molar-refractivity contribution is 8.03. The molecule has 33 heavy (non-hydrogen) atoms. The van der Waals surface area contributed by atoms with Gasteiger partial charge in [-0.3, -0.25) is 0 Å². The summed E-state index contributed by atoms with van der Waals surface area (Å²) in [6.45, 7) is 6.45. The second-order valence-corrected chi connectivity index (χ2v) is 10.7. The summed E-state index contributed by atoms with van der Waals surface area (Å²) in [4.78, 5) is 11.1. The molecule has 1 N–H and O–H groups in total. The van der Waals surface area contributed by atoms with Crippen molar-refractivity contribution in [3.8, 4) is 0 Å². The number of H-pyrrole nitrogens is 1. The van der Waals surface area contributed by atoms with E-state index in [0.717, 1.165) is 19.5 Å². The first-order valence-electron chi connectivity index (χ1n) is 11.6. The van der Waals surface area contributed by atoms with E-state index in [1.807, 2.05) is 23.5 Å². The highest BCUT2D eigenvalue weighted by Crippen LogP contribution is 2.47. The third-order valence-electron chi connectivity index (χ3n) is 6.52. The molecule has 0 saturated carbocycles. The molecule has 5 heteroatoms. The van der Waals surface area contributed by atoms with Gasteiger partial charge in [0.2, 0.25) is 0 Å². The van der Waals surface area contributed by atoms with Crippen molar-refractivity contribution >= 4 is 40.5 Å². The number of hydrogen-bond donors (Lipinski definition) is 1. The van der Waals surface area contributed by atoms with E-state index in [0.29, 0.717) is 5.37 Å². The van der Waals surface area contributed by atoms with E-state index >= 15 is 0 Å². The van der Waals surface area contributed by atoms with Crippen molar-refractivity contribution in [1.29, 1.82) is 0 Å². The van der Waals surface area contributed by atoms with Gasteiger partial charge in [-0.05, 0) is 67.5 Å². The first kappa shape index (κ1) is 20.8. The Morgan fingerprint density at radius 2 is 1.76 bits per heavy atom. The number of aromatic nitrogens is 1. The molecule has 0 radical (unpaired) electrons. The van der Waals surface area contributed by atoms with Crippen LogP contribution in [0.15, 0.2) is 99.4 Å². The molecule has 0 amide bonds. The molecule has 3 heterocycles. The van der Waals surface area contributed by atoms with Crippen LogP contribution in [0, 0.1) is 0 Å². The summed E-state index contributed by atoms with van der Waals surface area (Å²) in [5.74, 6) is 0. The number of allylic oxidation sites excluding steroid dienone is 4. The Labute approximate surface area is 204 Å². The Balaban J connectivity index is 1.36. The molecule has 2 aliphatic heterocycles. The van der Waals surface area contributed by atoms with Gasteiger partial charge in [-0.2, -0.15) is 0 Å². The zero-order valence-electron chi connectivity index (χ0n) is 18.9. The number of thioether (sulfide) groups is 2. The maximum absolute atomic E-state index is 3.50. The summed E-state index contributed by atoms with van der Waals surface area (Å²) in [6.07, 6.45) is 10.3. The van der Waals surface area contributed by atoms with E-state index in [-0.39, 0.29) is 0 Å². The number of nitrogens with zero attached hydrogens (tertiary/aromatic N) is 2. The van der Waals surface area contributed by atoms with Crippen LogP contribution < -0.4 is 9.80 Å². The van der Waals surface area contributed by atoms with Gasteiger partial charge in [0.25, 0.3) is 0 Å². The highest BCUT2D eigenvalue weighted by atomic mass is 32.2. The lowest BCUT2D eigenvalue weighted by atomic mass is 9.92. The molecule has 1 aliphatic carbocycles. The van der Waals surface area contributed by atoms with Crippen LogP contribution in [0.3, 0.4) is 0 Å². The number of aromatic amines is 1. The van der Waals surface area contributed by atoms with E-state index in [9.17, 15) is 0 Å². The van der Waals surface area contributed by atoms with Gasteiger partial charge in [0.15, 0.2) is 0 Å². The Morgan fingerprint density at radius 1 is 0.970 bits per heavy atom. The van der Waals surface area contributed by atoms with Gasteiger partial charge in [-0.1, -0.05) is 53.9 Å². The van der Waals surface area contributed by atoms with Gasteiger partial charge in [-0.25, -0.2) is 0 Å².